The first-order valence-electron chi connectivity index (χ1n) is 12.4. The van der Waals surface area contributed by atoms with Crippen molar-refractivity contribution >= 4 is 11.6 Å². The molecule has 2 atom stereocenters. The summed E-state index contributed by atoms with van der Waals surface area (Å²) in [6, 6.07) is 21.9. The summed E-state index contributed by atoms with van der Waals surface area (Å²) < 4.78 is 30.1. The zero-order valence-electron chi connectivity index (χ0n) is 21.2. The minimum Gasteiger partial charge on any atom is -0.292 e. The Morgan fingerprint density at radius 2 is 1.87 bits per heavy atom. The van der Waals surface area contributed by atoms with Crippen molar-refractivity contribution < 1.29 is 8.78 Å². The minimum atomic E-state index is -1.52. The molecule has 0 spiro atoms. The highest BCUT2D eigenvalue weighted by Crippen LogP contribution is 2.39. The number of benzene rings is 3. The summed E-state index contributed by atoms with van der Waals surface area (Å²) in [4.78, 5) is 3.59. The Morgan fingerprint density at radius 3 is 2.55 bits per heavy atom. The van der Waals surface area contributed by atoms with Gasteiger partial charge in [-0.1, -0.05) is 35.9 Å². The summed E-state index contributed by atoms with van der Waals surface area (Å²) in [6.07, 6.45) is 0.434. The molecule has 6 nitrogen and oxygen atoms in total. The Morgan fingerprint density at radius 1 is 1.11 bits per heavy atom. The monoisotopic (exact) mass is 532 g/mol. The molecular formula is C29H27ClF2N6. The van der Waals surface area contributed by atoms with E-state index in [4.69, 9.17) is 11.6 Å². The van der Waals surface area contributed by atoms with Gasteiger partial charge in [0.05, 0.1) is 24.7 Å². The van der Waals surface area contributed by atoms with Crippen LogP contribution in [0.3, 0.4) is 0 Å². The van der Waals surface area contributed by atoms with Crippen LogP contribution in [0.25, 0.3) is 11.4 Å². The predicted molar refractivity (Wildman–Crippen MR) is 142 cm³/mol. The summed E-state index contributed by atoms with van der Waals surface area (Å²) in [6.45, 7) is 3.00. The maximum absolute atomic E-state index is 15.8. The average Bonchev–Trinajstić information content (AvgIpc) is 3.29. The third-order valence-corrected chi connectivity index (χ3v) is 7.13. The Bertz CT molecular complexity index is 1470. The van der Waals surface area contributed by atoms with Crippen molar-refractivity contribution in [3.63, 3.8) is 0 Å². The van der Waals surface area contributed by atoms with Crippen LogP contribution >= 0.6 is 11.6 Å². The van der Waals surface area contributed by atoms with E-state index in [0.29, 0.717) is 47.0 Å². The van der Waals surface area contributed by atoms with Crippen LogP contribution in [0.1, 0.15) is 41.6 Å². The molecule has 194 valence electrons. The van der Waals surface area contributed by atoms with E-state index in [1.54, 1.807) is 26.1 Å². The molecule has 9 heteroatoms. The lowest BCUT2D eigenvalue weighted by atomic mass is 9.82. The van der Waals surface area contributed by atoms with Crippen LogP contribution in [0.5, 0.6) is 0 Å². The van der Waals surface area contributed by atoms with Gasteiger partial charge in [-0.2, -0.15) is 10.1 Å². The Balaban J connectivity index is 1.29. The quantitative estimate of drug-likeness (QED) is 0.281. The second kappa shape index (κ2) is 10.6. The highest BCUT2D eigenvalue weighted by atomic mass is 35.5. The maximum Gasteiger partial charge on any atom is 0.205 e. The smallest absolute Gasteiger partial charge is 0.205 e. The number of likely N-dealkylation sites (tertiary alicyclic amines) is 1. The van der Waals surface area contributed by atoms with Gasteiger partial charge in [0.25, 0.3) is 0 Å². The van der Waals surface area contributed by atoms with E-state index >= 15 is 4.39 Å². The standard InChI is InChI=1S/C29H27ClF2N6/c1-29(32,14-20-11-24(13-26(31)12-20)28-34-36-37(2)35-28)15-21-17-38(18-21)27(22-6-8-25(30)9-7-22)23-5-3-4-19(10-23)16-33/h3-13,21,27H,14-15,17-18H2,1-2H3. The van der Waals surface area contributed by atoms with Crippen molar-refractivity contribution in [2.45, 2.75) is 31.5 Å². The lowest BCUT2D eigenvalue weighted by Crippen LogP contribution is -2.50. The number of aromatic nitrogens is 4. The second-order valence-corrected chi connectivity index (χ2v) is 10.7. The Kier molecular flexibility index (Phi) is 7.24. The number of nitrogens with zero attached hydrogens (tertiary/aromatic N) is 6. The molecule has 0 bridgehead atoms. The summed E-state index contributed by atoms with van der Waals surface area (Å²) >= 11 is 6.12. The molecule has 0 aliphatic carbocycles. The molecular weight excluding hydrogens is 506 g/mol. The van der Waals surface area contributed by atoms with Crippen molar-refractivity contribution in [3.8, 4) is 17.5 Å². The lowest BCUT2D eigenvalue weighted by Gasteiger charge is -2.46. The molecule has 1 aromatic heterocycles. The first-order chi connectivity index (χ1) is 18.2. The average molecular weight is 533 g/mol. The minimum absolute atomic E-state index is 0.0621. The third kappa shape index (κ3) is 5.90. The zero-order valence-corrected chi connectivity index (χ0v) is 21.9. The fraction of sp³-hybridized carbons (Fsp3) is 0.310. The van der Waals surface area contributed by atoms with Crippen molar-refractivity contribution in [3.05, 3.63) is 99.8 Å². The summed E-state index contributed by atoms with van der Waals surface area (Å²) in [7, 11) is 1.63. The summed E-state index contributed by atoms with van der Waals surface area (Å²) in [5.74, 6) is -0.00762. The molecule has 0 amide bonds. The number of rotatable bonds is 8. The molecule has 2 unspecified atom stereocenters. The maximum atomic E-state index is 15.8. The molecule has 1 aliphatic rings. The molecule has 5 rings (SSSR count). The summed E-state index contributed by atoms with van der Waals surface area (Å²) in [5, 5.41) is 21.9. The third-order valence-electron chi connectivity index (χ3n) is 6.88. The van der Waals surface area contributed by atoms with Crippen LogP contribution in [0, 0.1) is 23.1 Å². The predicted octanol–water partition coefficient (Wildman–Crippen LogP) is 5.92. The fourth-order valence-electron chi connectivity index (χ4n) is 5.37. The second-order valence-electron chi connectivity index (χ2n) is 10.3. The van der Waals surface area contributed by atoms with E-state index in [-0.39, 0.29) is 18.4 Å². The zero-order chi connectivity index (χ0) is 26.9. The van der Waals surface area contributed by atoms with Gasteiger partial charge in [0.2, 0.25) is 5.82 Å². The van der Waals surface area contributed by atoms with Gasteiger partial charge in [-0.25, -0.2) is 8.78 Å². The van der Waals surface area contributed by atoms with Gasteiger partial charge in [-0.15, -0.1) is 10.2 Å². The van der Waals surface area contributed by atoms with Crippen molar-refractivity contribution in [1.29, 1.82) is 5.26 Å². The van der Waals surface area contributed by atoms with Crippen LogP contribution in [0.4, 0.5) is 8.78 Å². The molecule has 2 heterocycles. The van der Waals surface area contributed by atoms with Crippen LogP contribution in [-0.2, 0) is 13.5 Å². The molecule has 0 saturated carbocycles. The number of hydrogen-bond donors (Lipinski definition) is 0. The number of tetrazole rings is 1. The topological polar surface area (TPSA) is 70.6 Å². The van der Waals surface area contributed by atoms with E-state index in [1.807, 2.05) is 42.5 Å². The number of nitriles is 1. The number of hydrogen-bond acceptors (Lipinski definition) is 5. The first kappa shape index (κ1) is 26.0. The molecule has 38 heavy (non-hydrogen) atoms. The van der Waals surface area contributed by atoms with Crippen molar-refractivity contribution in [2.75, 3.05) is 13.1 Å². The molecule has 4 aromatic rings. The van der Waals surface area contributed by atoms with Crippen molar-refractivity contribution in [2.24, 2.45) is 13.0 Å². The SMILES string of the molecule is Cn1nnc(-c2cc(F)cc(CC(C)(F)CC3CN(C(c4ccc(Cl)cc4)c4cccc(C#N)c4)C3)c2)n1. The van der Waals surface area contributed by atoms with E-state index in [1.165, 1.54) is 16.9 Å². The molecule has 0 N–H and O–H groups in total. The number of alkyl halides is 1. The molecule has 0 radical (unpaired) electrons. The highest BCUT2D eigenvalue weighted by Gasteiger charge is 2.38. The van der Waals surface area contributed by atoms with E-state index in [2.05, 4.69) is 26.4 Å². The number of halogens is 3. The molecule has 1 aliphatic heterocycles. The van der Waals surface area contributed by atoms with Gasteiger partial charge >= 0.3 is 0 Å². The Labute approximate surface area is 225 Å². The Hall–Kier alpha value is -3.67. The highest BCUT2D eigenvalue weighted by molar-refractivity contribution is 6.30. The van der Waals surface area contributed by atoms with Crippen LogP contribution < -0.4 is 0 Å². The van der Waals surface area contributed by atoms with Gasteiger partial charge in [0, 0.05) is 30.1 Å². The normalized spacial score (nSPS) is 16.4. The van der Waals surface area contributed by atoms with Crippen LogP contribution in [-0.4, -0.2) is 43.9 Å². The largest absolute Gasteiger partial charge is 0.292 e. The van der Waals surface area contributed by atoms with E-state index in [0.717, 1.165) is 11.1 Å². The lowest BCUT2D eigenvalue weighted by molar-refractivity contribution is 0.0238. The van der Waals surface area contributed by atoms with E-state index in [9.17, 15) is 9.65 Å². The fourth-order valence-corrected chi connectivity index (χ4v) is 5.49. The van der Waals surface area contributed by atoms with E-state index < -0.39 is 11.5 Å². The van der Waals surface area contributed by atoms with Gasteiger partial charge in [-0.05, 0) is 83.6 Å². The van der Waals surface area contributed by atoms with Crippen LogP contribution in [0.15, 0.2) is 66.7 Å². The van der Waals surface area contributed by atoms with Gasteiger partial charge in [0.15, 0.2) is 0 Å². The van der Waals surface area contributed by atoms with Gasteiger partial charge in [0.1, 0.15) is 11.5 Å². The van der Waals surface area contributed by atoms with Crippen molar-refractivity contribution in [1.82, 2.24) is 25.1 Å². The summed E-state index contributed by atoms with van der Waals surface area (Å²) in [5.41, 5.74) is 2.19. The first-order valence-corrected chi connectivity index (χ1v) is 12.8. The molecule has 3 aromatic carbocycles. The van der Waals surface area contributed by atoms with Crippen LogP contribution in [0.2, 0.25) is 5.02 Å². The number of aryl methyl sites for hydroxylation is 1. The molecule has 1 saturated heterocycles. The van der Waals surface area contributed by atoms with Gasteiger partial charge < -0.3 is 0 Å². The molecule has 1 fully saturated rings. The van der Waals surface area contributed by atoms with Gasteiger partial charge in [-0.3, -0.25) is 4.90 Å².